The highest BCUT2D eigenvalue weighted by molar-refractivity contribution is 5.79. The largest absolute Gasteiger partial charge is 0.488 e. The summed E-state index contributed by atoms with van der Waals surface area (Å²) in [5.74, 6) is -0.235. The number of hydrogen-bond donors (Lipinski definition) is 2. The molecule has 2 atom stereocenters. The number of halogens is 1. The van der Waals surface area contributed by atoms with Gasteiger partial charge in [0.05, 0.1) is 12.0 Å². The summed E-state index contributed by atoms with van der Waals surface area (Å²) in [6, 6.07) is 15.6. The Morgan fingerprint density at radius 3 is 2.67 bits per heavy atom. The van der Waals surface area contributed by atoms with Gasteiger partial charge in [-0.15, -0.1) is 0 Å². The quantitative estimate of drug-likeness (QED) is 0.857. The molecule has 24 heavy (non-hydrogen) atoms. The van der Waals surface area contributed by atoms with Crippen LogP contribution in [0.4, 0.5) is 4.39 Å². The number of amides is 1. The lowest BCUT2D eigenvalue weighted by molar-refractivity contribution is -0.125. The standard InChI is InChI=1S/C19H21FN2O2/c20-16-8-4-5-9-18(16)24-13-17(14-6-2-1-3-7-14)22-19(23)15-10-11-21-12-15/h1-9,15,17,21H,10-13H2,(H,22,23)/t15-,17+/m1/s1. The summed E-state index contributed by atoms with van der Waals surface area (Å²) in [6.07, 6.45) is 0.835. The Morgan fingerprint density at radius 2 is 1.96 bits per heavy atom. The molecule has 1 saturated heterocycles. The molecule has 4 nitrogen and oxygen atoms in total. The summed E-state index contributed by atoms with van der Waals surface area (Å²) >= 11 is 0. The van der Waals surface area contributed by atoms with E-state index in [4.69, 9.17) is 4.74 Å². The third kappa shape index (κ3) is 4.11. The molecule has 1 heterocycles. The van der Waals surface area contributed by atoms with Crippen molar-refractivity contribution >= 4 is 5.91 Å². The van der Waals surface area contributed by atoms with E-state index in [1.807, 2.05) is 30.3 Å². The minimum absolute atomic E-state index is 0.00554. The molecule has 3 rings (SSSR count). The van der Waals surface area contributed by atoms with Gasteiger partial charge in [-0.05, 0) is 30.7 Å². The number of rotatable bonds is 6. The topological polar surface area (TPSA) is 50.4 Å². The Labute approximate surface area is 141 Å². The van der Waals surface area contributed by atoms with Crippen molar-refractivity contribution in [2.75, 3.05) is 19.7 Å². The summed E-state index contributed by atoms with van der Waals surface area (Å²) in [4.78, 5) is 12.4. The van der Waals surface area contributed by atoms with Crippen molar-refractivity contribution in [3.8, 4) is 5.75 Å². The smallest absolute Gasteiger partial charge is 0.225 e. The monoisotopic (exact) mass is 328 g/mol. The zero-order valence-corrected chi connectivity index (χ0v) is 13.4. The van der Waals surface area contributed by atoms with E-state index in [1.54, 1.807) is 18.2 Å². The Bertz CT molecular complexity index is 672. The average Bonchev–Trinajstić information content (AvgIpc) is 3.15. The van der Waals surface area contributed by atoms with E-state index in [2.05, 4.69) is 10.6 Å². The summed E-state index contributed by atoms with van der Waals surface area (Å²) < 4.78 is 19.3. The van der Waals surface area contributed by atoms with Crippen molar-refractivity contribution in [3.63, 3.8) is 0 Å². The third-order valence-corrected chi connectivity index (χ3v) is 4.19. The van der Waals surface area contributed by atoms with Gasteiger partial charge in [0, 0.05) is 6.54 Å². The predicted molar refractivity (Wildman–Crippen MR) is 90.2 cm³/mol. The molecule has 2 aromatic rings. The zero-order valence-electron chi connectivity index (χ0n) is 13.4. The molecule has 0 saturated carbocycles. The first kappa shape index (κ1) is 16.5. The molecule has 0 aromatic heterocycles. The second-order valence-corrected chi connectivity index (χ2v) is 5.90. The second kappa shape index (κ2) is 7.93. The van der Waals surface area contributed by atoms with Gasteiger partial charge in [-0.1, -0.05) is 42.5 Å². The first-order chi connectivity index (χ1) is 11.7. The van der Waals surface area contributed by atoms with E-state index in [9.17, 15) is 9.18 Å². The van der Waals surface area contributed by atoms with Crippen molar-refractivity contribution in [2.24, 2.45) is 5.92 Å². The molecule has 5 heteroatoms. The molecule has 1 fully saturated rings. The highest BCUT2D eigenvalue weighted by Gasteiger charge is 2.25. The summed E-state index contributed by atoms with van der Waals surface area (Å²) in [5, 5.41) is 6.23. The zero-order chi connectivity index (χ0) is 16.8. The van der Waals surface area contributed by atoms with Gasteiger partial charge in [0.2, 0.25) is 5.91 Å². The van der Waals surface area contributed by atoms with Crippen LogP contribution in [0.15, 0.2) is 54.6 Å². The number of ether oxygens (including phenoxy) is 1. The van der Waals surface area contributed by atoms with Gasteiger partial charge in [0.15, 0.2) is 11.6 Å². The fraction of sp³-hybridized carbons (Fsp3) is 0.316. The van der Waals surface area contributed by atoms with E-state index in [0.717, 1.165) is 18.5 Å². The minimum atomic E-state index is -0.407. The van der Waals surface area contributed by atoms with Crippen LogP contribution in [0.2, 0.25) is 0 Å². The molecule has 2 N–H and O–H groups in total. The molecule has 1 aliphatic heterocycles. The molecular weight excluding hydrogens is 307 g/mol. The van der Waals surface area contributed by atoms with Gasteiger partial charge in [0.1, 0.15) is 6.61 Å². The van der Waals surface area contributed by atoms with Gasteiger partial charge in [-0.2, -0.15) is 0 Å². The van der Waals surface area contributed by atoms with Crippen LogP contribution < -0.4 is 15.4 Å². The molecule has 0 unspecified atom stereocenters. The van der Waals surface area contributed by atoms with Crippen LogP contribution in [0, 0.1) is 11.7 Å². The molecule has 0 bridgehead atoms. The fourth-order valence-electron chi connectivity index (χ4n) is 2.81. The van der Waals surface area contributed by atoms with Crippen molar-refractivity contribution in [2.45, 2.75) is 12.5 Å². The van der Waals surface area contributed by atoms with Crippen LogP contribution in [-0.2, 0) is 4.79 Å². The van der Waals surface area contributed by atoms with Gasteiger partial charge >= 0.3 is 0 Å². The van der Waals surface area contributed by atoms with Gasteiger partial charge < -0.3 is 15.4 Å². The maximum atomic E-state index is 13.7. The first-order valence-electron chi connectivity index (χ1n) is 8.17. The van der Waals surface area contributed by atoms with Gasteiger partial charge in [0.25, 0.3) is 0 Å². The lowest BCUT2D eigenvalue weighted by Gasteiger charge is -2.21. The number of hydrogen-bond acceptors (Lipinski definition) is 3. The second-order valence-electron chi connectivity index (χ2n) is 5.90. The van der Waals surface area contributed by atoms with E-state index in [0.29, 0.717) is 6.54 Å². The summed E-state index contributed by atoms with van der Waals surface area (Å²) in [6.45, 7) is 1.73. The first-order valence-corrected chi connectivity index (χ1v) is 8.17. The van der Waals surface area contributed by atoms with E-state index >= 15 is 0 Å². The maximum Gasteiger partial charge on any atom is 0.225 e. The highest BCUT2D eigenvalue weighted by atomic mass is 19.1. The molecule has 126 valence electrons. The Balaban J connectivity index is 1.70. The maximum absolute atomic E-state index is 13.7. The normalized spacial score (nSPS) is 18.1. The number of para-hydroxylation sites is 1. The van der Waals surface area contributed by atoms with Crippen LogP contribution >= 0.6 is 0 Å². The molecule has 0 aliphatic carbocycles. The SMILES string of the molecule is O=C(N[C@@H](COc1ccccc1F)c1ccccc1)[C@@H]1CCNC1. The summed E-state index contributed by atoms with van der Waals surface area (Å²) in [5.41, 5.74) is 0.938. The lowest BCUT2D eigenvalue weighted by Crippen LogP contribution is -2.37. The number of carbonyl (C=O) groups excluding carboxylic acids is 1. The average molecular weight is 328 g/mol. The van der Waals surface area contributed by atoms with Crippen molar-refractivity contribution in [1.29, 1.82) is 0 Å². The molecule has 2 aromatic carbocycles. The van der Waals surface area contributed by atoms with Crippen LogP contribution in [-0.4, -0.2) is 25.6 Å². The Morgan fingerprint density at radius 1 is 1.21 bits per heavy atom. The molecule has 0 radical (unpaired) electrons. The Hall–Kier alpha value is -2.40. The predicted octanol–water partition coefficient (Wildman–Crippen LogP) is 2.67. The lowest BCUT2D eigenvalue weighted by atomic mass is 10.0. The number of carbonyl (C=O) groups is 1. The number of benzene rings is 2. The highest BCUT2D eigenvalue weighted by Crippen LogP contribution is 2.20. The van der Waals surface area contributed by atoms with Gasteiger partial charge in [-0.3, -0.25) is 4.79 Å². The van der Waals surface area contributed by atoms with Crippen LogP contribution in [0.25, 0.3) is 0 Å². The molecule has 1 amide bonds. The number of nitrogens with one attached hydrogen (secondary N) is 2. The van der Waals surface area contributed by atoms with Crippen LogP contribution in [0.1, 0.15) is 18.0 Å². The minimum Gasteiger partial charge on any atom is -0.488 e. The van der Waals surface area contributed by atoms with E-state index < -0.39 is 5.82 Å². The van der Waals surface area contributed by atoms with E-state index in [-0.39, 0.29) is 30.2 Å². The molecule has 1 aliphatic rings. The van der Waals surface area contributed by atoms with Crippen molar-refractivity contribution < 1.29 is 13.9 Å². The third-order valence-electron chi connectivity index (χ3n) is 4.19. The molecule has 0 spiro atoms. The molecular formula is C19H21FN2O2. The Kier molecular flexibility index (Phi) is 5.43. The van der Waals surface area contributed by atoms with Gasteiger partial charge in [-0.25, -0.2) is 4.39 Å². The van der Waals surface area contributed by atoms with Crippen LogP contribution in [0.3, 0.4) is 0 Å². The van der Waals surface area contributed by atoms with Crippen molar-refractivity contribution in [3.05, 3.63) is 66.0 Å². The fourth-order valence-corrected chi connectivity index (χ4v) is 2.81. The van der Waals surface area contributed by atoms with Crippen LogP contribution in [0.5, 0.6) is 5.75 Å². The van der Waals surface area contributed by atoms with E-state index in [1.165, 1.54) is 6.07 Å². The van der Waals surface area contributed by atoms with Crippen molar-refractivity contribution in [1.82, 2.24) is 10.6 Å². The summed E-state index contributed by atoms with van der Waals surface area (Å²) in [7, 11) is 0.